The molecule has 1 aliphatic rings. The third kappa shape index (κ3) is 4.30. The van der Waals surface area contributed by atoms with E-state index < -0.39 is 0 Å². The third-order valence-electron chi connectivity index (χ3n) is 4.04. The summed E-state index contributed by atoms with van der Waals surface area (Å²) in [6, 6.07) is 0. The van der Waals surface area contributed by atoms with Crippen molar-refractivity contribution in [3.05, 3.63) is 22.7 Å². The lowest BCUT2D eigenvalue weighted by atomic mass is 9.98. The second-order valence-corrected chi connectivity index (χ2v) is 6.35. The van der Waals surface area contributed by atoms with Crippen LogP contribution in [0.15, 0.2) is 17.2 Å². The molecule has 1 atom stereocenters. The van der Waals surface area contributed by atoms with Gasteiger partial charge in [-0.2, -0.15) is 0 Å². The van der Waals surface area contributed by atoms with Gasteiger partial charge in [0.05, 0.1) is 0 Å². The van der Waals surface area contributed by atoms with E-state index in [1.165, 1.54) is 6.42 Å². The molecule has 5 nitrogen and oxygen atoms in total. The average molecular weight is 292 g/mol. The number of piperidine rings is 1. The van der Waals surface area contributed by atoms with Crippen molar-refractivity contribution in [1.29, 1.82) is 0 Å². The molecule has 0 saturated carbocycles. The molecule has 0 aliphatic carbocycles. The lowest BCUT2D eigenvalue weighted by Gasteiger charge is -2.33. The Morgan fingerprint density at radius 2 is 2.29 bits per heavy atom. The van der Waals surface area contributed by atoms with E-state index in [0.717, 1.165) is 32.6 Å². The summed E-state index contributed by atoms with van der Waals surface area (Å²) in [6.07, 6.45) is 5.87. The molecule has 2 heterocycles. The van der Waals surface area contributed by atoms with Crippen LogP contribution in [0.25, 0.3) is 0 Å². The van der Waals surface area contributed by atoms with Crippen molar-refractivity contribution in [2.45, 2.75) is 40.2 Å². The smallest absolute Gasteiger partial charge is 0.293 e. The predicted octanol–water partition coefficient (Wildman–Crippen LogP) is 1.73. The normalized spacial score (nSPS) is 19.2. The van der Waals surface area contributed by atoms with E-state index in [1.807, 2.05) is 6.92 Å². The quantitative estimate of drug-likeness (QED) is 0.867. The molecule has 1 fully saturated rings. The highest BCUT2D eigenvalue weighted by atomic mass is 16.1. The Kier molecular flexibility index (Phi) is 5.79. The van der Waals surface area contributed by atoms with Gasteiger partial charge in [0.2, 0.25) is 0 Å². The standard InChI is InChI=1S/C16H28N4O/c1-4-19-9-7-18-15(16(19)21)20-8-5-6-14(12-20)11-17-10-13(2)3/h7,9,13-14,17H,4-6,8,10-12H2,1-3H3. The van der Waals surface area contributed by atoms with Crippen molar-refractivity contribution in [2.24, 2.45) is 11.8 Å². The molecule has 2 rings (SSSR count). The van der Waals surface area contributed by atoms with Crippen LogP contribution in [0.4, 0.5) is 5.82 Å². The molecular formula is C16H28N4O. The van der Waals surface area contributed by atoms with Gasteiger partial charge in [0.15, 0.2) is 5.82 Å². The Morgan fingerprint density at radius 3 is 3.00 bits per heavy atom. The second kappa shape index (κ2) is 7.59. The van der Waals surface area contributed by atoms with Crippen LogP contribution >= 0.6 is 0 Å². The predicted molar refractivity (Wildman–Crippen MR) is 86.8 cm³/mol. The van der Waals surface area contributed by atoms with Crippen LogP contribution in [0.3, 0.4) is 0 Å². The number of rotatable bonds is 6. The van der Waals surface area contributed by atoms with Crippen LogP contribution in [-0.4, -0.2) is 35.7 Å². The SMILES string of the molecule is CCn1ccnc(N2CCCC(CNCC(C)C)C2)c1=O. The van der Waals surface area contributed by atoms with E-state index in [-0.39, 0.29) is 5.56 Å². The van der Waals surface area contributed by atoms with Gasteiger partial charge in [0.25, 0.3) is 5.56 Å². The highest BCUT2D eigenvalue weighted by Crippen LogP contribution is 2.18. The van der Waals surface area contributed by atoms with E-state index in [2.05, 4.69) is 29.0 Å². The third-order valence-corrected chi connectivity index (χ3v) is 4.04. The highest BCUT2D eigenvalue weighted by Gasteiger charge is 2.22. The summed E-state index contributed by atoms with van der Waals surface area (Å²) in [4.78, 5) is 18.8. The number of nitrogens with zero attached hydrogens (tertiary/aromatic N) is 3. The fourth-order valence-electron chi connectivity index (χ4n) is 2.90. The van der Waals surface area contributed by atoms with E-state index in [0.29, 0.717) is 24.2 Å². The van der Waals surface area contributed by atoms with Gasteiger partial charge in [-0.25, -0.2) is 4.98 Å². The first-order chi connectivity index (χ1) is 10.1. The van der Waals surface area contributed by atoms with Gasteiger partial charge < -0.3 is 14.8 Å². The summed E-state index contributed by atoms with van der Waals surface area (Å²) in [5, 5.41) is 3.53. The monoisotopic (exact) mass is 292 g/mol. The average Bonchev–Trinajstić information content (AvgIpc) is 2.47. The largest absolute Gasteiger partial charge is 0.352 e. The van der Waals surface area contributed by atoms with Crippen molar-refractivity contribution in [2.75, 3.05) is 31.1 Å². The molecule has 118 valence electrons. The first kappa shape index (κ1) is 16.0. The number of anilines is 1. The number of aromatic nitrogens is 2. The summed E-state index contributed by atoms with van der Waals surface area (Å²) in [5.41, 5.74) is 0.0378. The minimum absolute atomic E-state index is 0.0378. The highest BCUT2D eigenvalue weighted by molar-refractivity contribution is 5.36. The van der Waals surface area contributed by atoms with Gasteiger partial charge in [-0.15, -0.1) is 0 Å². The zero-order valence-corrected chi connectivity index (χ0v) is 13.5. The molecule has 0 bridgehead atoms. The fourth-order valence-corrected chi connectivity index (χ4v) is 2.90. The molecular weight excluding hydrogens is 264 g/mol. The first-order valence-electron chi connectivity index (χ1n) is 8.13. The number of aryl methyl sites for hydroxylation is 1. The maximum atomic E-state index is 12.4. The van der Waals surface area contributed by atoms with Crippen LogP contribution in [0, 0.1) is 11.8 Å². The molecule has 5 heteroatoms. The van der Waals surface area contributed by atoms with Gasteiger partial charge in [-0.3, -0.25) is 4.79 Å². The Hall–Kier alpha value is -1.36. The summed E-state index contributed by atoms with van der Waals surface area (Å²) < 4.78 is 1.73. The molecule has 1 aliphatic heterocycles. The zero-order chi connectivity index (χ0) is 15.2. The molecule has 1 aromatic heterocycles. The van der Waals surface area contributed by atoms with Crippen LogP contribution in [0.1, 0.15) is 33.6 Å². The van der Waals surface area contributed by atoms with E-state index in [9.17, 15) is 4.79 Å². The summed E-state index contributed by atoms with van der Waals surface area (Å²) >= 11 is 0. The lowest BCUT2D eigenvalue weighted by Crippen LogP contribution is -2.43. The summed E-state index contributed by atoms with van der Waals surface area (Å²) in [5.74, 6) is 1.90. The Bertz CT molecular complexity index is 497. The summed E-state index contributed by atoms with van der Waals surface area (Å²) in [6.45, 7) is 11.1. The molecule has 1 aromatic rings. The zero-order valence-electron chi connectivity index (χ0n) is 13.5. The van der Waals surface area contributed by atoms with E-state index >= 15 is 0 Å². The molecule has 1 unspecified atom stereocenters. The van der Waals surface area contributed by atoms with Gasteiger partial charge in [-0.1, -0.05) is 13.8 Å². The van der Waals surface area contributed by atoms with Gasteiger partial charge in [-0.05, 0) is 44.7 Å². The maximum absolute atomic E-state index is 12.4. The lowest BCUT2D eigenvalue weighted by molar-refractivity contribution is 0.380. The van der Waals surface area contributed by atoms with Crippen molar-refractivity contribution in [3.8, 4) is 0 Å². The van der Waals surface area contributed by atoms with Crippen LogP contribution < -0.4 is 15.8 Å². The molecule has 1 saturated heterocycles. The Labute approximate surface area is 127 Å². The van der Waals surface area contributed by atoms with E-state index in [1.54, 1.807) is 17.0 Å². The first-order valence-corrected chi connectivity index (χ1v) is 8.13. The molecule has 0 amide bonds. The van der Waals surface area contributed by atoms with Crippen molar-refractivity contribution in [3.63, 3.8) is 0 Å². The van der Waals surface area contributed by atoms with Crippen molar-refractivity contribution < 1.29 is 0 Å². The Morgan fingerprint density at radius 1 is 1.48 bits per heavy atom. The number of nitrogens with one attached hydrogen (secondary N) is 1. The maximum Gasteiger partial charge on any atom is 0.293 e. The Balaban J connectivity index is 1.99. The molecule has 0 aromatic carbocycles. The van der Waals surface area contributed by atoms with Crippen molar-refractivity contribution >= 4 is 5.82 Å². The topological polar surface area (TPSA) is 50.2 Å². The van der Waals surface area contributed by atoms with Gasteiger partial charge in [0, 0.05) is 32.0 Å². The van der Waals surface area contributed by atoms with Crippen LogP contribution in [-0.2, 0) is 6.54 Å². The second-order valence-electron chi connectivity index (χ2n) is 6.35. The molecule has 21 heavy (non-hydrogen) atoms. The van der Waals surface area contributed by atoms with Gasteiger partial charge >= 0.3 is 0 Å². The number of hydrogen-bond acceptors (Lipinski definition) is 4. The number of hydrogen-bond donors (Lipinski definition) is 1. The fraction of sp³-hybridized carbons (Fsp3) is 0.750. The molecule has 0 radical (unpaired) electrons. The van der Waals surface area contributed by atoms with Gasteiger partial charge in [0.1, 0.15) is 0 Å². The minimum Gasteiger partial charge on any atom is -0.352 e. The van der Waals surface area contributed by atoms with Crippen LogP contribution in [0.5, 0.6) is 0 Å². The minimum atomic E-state index is 0.0378. The molecule has 1 N–H and O–H groups in total. The van der Waals surface area contributed by atoms with Crippen molar-refractivity contribution in [1.82, 2.24) is 14.9 Å². The summed E-state index contributed by atoms with van der Waals surface area (Å²) in [7, 11) is 0. The molecule has 0 spiro atoms. The van der Waals surface area contributed by atoms with E-state index in [4.69, 9.17) is 0 Å². The van der Waals surface area contributed by atoms with Crippen LogP contribution in [0.2, 0.25) is 0 Å².